The number of Topliss-reactive ketones (excluding diaryl/α,β-unsaturated/α-hetero) is 1. The molecule has 4 rings (SSSR count). The monoisotopic (exact) mass is 369 g/mol. The van der Waals surface area contributed by atoms with E-state index in [1.54, 1.807) is 6.08 Å². The van der Waals surface area contributed by atoms with Gasteiger partial charge in [0, 0.05) is 24.1 Å². The van der Waals surface area contributed by atoms with Gasteiger partial charge in [0.2, 0.25) is 0 Å². The highest BCUT2D eigenvalue weighted by Crippen LogP contribution is 2.34. The van der Waals surface area contributed by atoms with Gasteiger partial charge in [0.15, 0.2) is 12.4 Å². The molecule has 3 aliphatic rings. The molecular formula is C21H23NO5. The average molecular weight is 369 g/mol. The maximum Gasteiger partial charge on any atom is 0.357 e. The second kappa shape index (κ2) is 7.02. The molecule has 1 aromatic rings. The first-order valence-corrected chi connectivity index (χ1v) is 9.23. The fraction of sp³-hybridized carbons (Fsp3) is 0.476. The van der Waals surface area contributed by atoms with Crippen LogP contribution in [0.25, 0.3) is 0 Å². The van der Waals surface area contributed by atoms with E-state index in [1.165, 1.54) is 0 Å². The average Bonchev–Trinajstić information content (AvgIpc) is 2.61. The maximum absolute atomic E-state index is 12.3. The first-order valence-electron chi connectivity index (χ1n) is 9.23. The largest absolute Gasteiger partial charge is 0.452 e. The summed E-state index contributed by atoms with van der Waals surface area (Å²) in [5, 5.41) is 0. The predicted molar refractivity (Wildman–Crippen MR) is 98.0 cm³/mol. The fourth-order valence-corrected chi connectivity index (χ4v) is 3.83. The van der Waals surface area contributed by atoms with E-state index in [0.29, 0.717) is 19.3 Å². The third-order valence-electron chi connectivity index (χ3n) is 4.96. The maximum atomic E-state index is 12.3. The van der Waals surface area contributed by atoms with Crippen LogP contribution in [-0.2, 0) is 23.8 Å². The van der Waals surface area contributed by atoms with Crippen molar-refractivity contribution in [3.63, 3.8) is 0 Å². The molecule has 27 heavy (non-hydrogen) atoms. The Morgan fingerprint density at radius 1 is 1.11 bits per heavy atom. The van der Waals surface area contributed by atoms with Crippen LogP contribution in [-0.4, -0.2) is 36.3 Å². The number of benzene rings is 1. The van der Waals surface area contributed by atoms with Gasteiger partial charge in [-0.05, 0) is 17.9 Å². The minimum absolute atomic E-state index is 0.135. The normalized spacial score (nSPS) is 31.9. The first-order chi connectivity index (χ1) is 12.9. The van der Waals surface area contributed by atoms with E-state index in [4.69, 9.17) is 14.2 Å². The van der Waals surface area contributed by atoms with E-state index in [0.717, 1.165) is 11.3 Å². The van der Waals surface area contributed by atoms with Gasteiger partial charge in [-0.3, -0.25) is 4.79 Å². The van der Waals surface area contributed by atoms with Gasteiger partial charge in [0.05, 0.1) is 6.61 Å². The van der Waals surface area contributed by atoms with Crippen LogP contribution in [0.2, 0.25) is 0 Å². The van der Waals surface area contributed by atoms with Crippen LogP contribution in [0.3, 0.4) is 0 Å². The number of aliphatic imine (C=N–C) groups is 1. The Labute approximate surface area is 158 Å². The van der Waals surface area contributed by atoms with Crippen molar-refractivity contribution in [2.75, 3.05) is 6.61 Å². The van der Waals surface area contributed by atoms with Gasteiger partial charge in [-0.15, -0.1) is 0 Å². The summed E-state index contributed by atoms with van der Waals surface area (Å²) < 4.78 is 17.2. The number of ether oxygens (including phenoxy) is 3. The van der Waals surface area contributed by atoms with Gasteiger partial charge in [-0.25, -0.2) is 9.79 Å². The molecule has 1 aromatic carbocycles. The highest BCUT2D eigenvalue weighted by Gasteiger charge is 2.39. The number of hydrogen-bond acceptors (Lipinski definition) is 6. The number of esters is 1. The van der Waals surface area contributed by atoms with Gasteiger partial charge in [0.1, 0.15) is 17.6 Å². The quantitative estimate of drug-likeness (QED) is 0.749. The van der Waals surface area contributed by atoms with Crippen molar-refractivity contribution in [2.24, 2.45) is 10.4 Å². The summed E-state index contributed by atoms with van der Waals surface area (Å²) in [6.45, 7) is 4.34. The zero-order valence-corrected chi connectivity index (χ0v) is 15.5. The lowest BCUT2D eigenvalue weighted by Crippen LogP contribution is -2.45. The lowest BCUT2D eigenvalue weighted by atomic mass is 9.76. The smallest absolute Gasteiger partial charge is 0.357 e. The Balaban J connectivity index is 1.55. The molecule has 0 aromatic heterocycles. The van der Waals surface area contributed by atoms with Crippen LogP contribution in [0.15, 0.2) is 47.1 Å². The van der Waals surface area contributed by atoms with Crippen LogP contribution >= 0.6 is 0 Å². The van der Waals surface area contributed by atoms with Crippen molar-refractivity contribution >= 4 is 17.5 Å². The Hall–Kier alpha value is -2.31. The van der Waals surface area contributed by atoms with E-state index in [-0.39, 0.29) is 23.5 Å². The summed E-state index contributed by atoms with van der Waals surface area (Å²) in [4.78, 5) is 28.8. The lowest BCUT2D eigenvalue weighted by molar-refractivity contribution is -0.252. The summed E-state index contributed by atoms with van der Waals surface area (Å²) in [5.41, 5.74) is 1.72. The number of nitrogens with zero attached hydrogens (tertiary/aromatic N) is 1. The molecule has 2 fully saturated rings. The summed E-state index contributed by atoms with van der Waals surface area (Å²) >= 11 is 0. The Morgan fingerprint density at radius 3 is 2.63 bits per heavy atom. The van der Waals surface area contributed by atoms with Crippen molar-refractivity contribution in [2.45, 2.75) is 51.6 Å². The van der Waals surface area contributed by atoms with Crippen molar-refractivity contribution in [3.8, 4) is 0 Å². The second-order valence-electron chi connectivity index (χ2n) is 8.08. The molecule has 6 nitrogen and oxygen atoms in total. The van der Waals surface area contributed by atoms with Gasteiger partial charge in [-0.1, -0.05) is 44.2 Å². The van der Waals surface area contributed by atoms with Crippen LogP contribution in [0.5, 0.6) is 0 Å². The van der Waals surface area contributed by atoms with E-state index in [9.17, 15) is 9.59 Å². The molecule has 0 N–H and O–H groups in total. The number of rotatable bonds is 2. The number of ketones is 1. The fourth-order valence-electron chi connectivity index (χ4n) is 3.83. The third-order valence-corrected chi connectivity index (χ3v) is 4.96. The molecule has 1 saturated carbocycles. The highest BCUT2D eigenvalue weighted by molar-refractivity contribution is 6.06. The van der Waals surface area contributed by atoms with Crippen LogP contribution in [0.4, 0.5) is 0 Å². The molecule has 0 radical (unpaired) electrons. The molecule has 1 saturated heterocycles. The van der Waals surface area contributed by atoms with Crippen molar-refractivity contribution < 1.29 is 23.8 Å². The van der Waals surface area contributed by atoms with Gasteiger partial charge >= 0.3 is 5.97 Å². The number of fused-ring (bicyclic) bond motifs is 1. The molecule has 3 atom stereocenters. The van der Waals surface area contributed by atoms with Gasteiger partial charge in [-0.2, -0.15) is 0 Å². The molecule has 0 amide bonds. The van der Waals surface area contributed by atoms with Crippen molar-refractivity contribution in [3.05, 3.63) is 47.7 Å². The minimum atomic E-state index is -0.510. The summed E-state index contributed by atoms with van der Waals surface area (Å²) in [7, 11) is 0. The molecule has 2 aliphatic heterocycles. The topological polar surface area (TPSA) is 74.2 Å². The van der Waals surface area contributed by atoms with E-state index >= 15 is 0 Å². The molecule has 142 valence electrons. The minimum Gasteiger partial charge on any atom is -0.452 e. The Morgan fingerprint density at radius 2 is 1.89 bits per heavy atom. The van der Waals surface area contributed by atoms with Crippen LogP contribution in [0.1, 0.15) is 45.0 Å². The molecule has 0 bridgehead atoms. The number of carbonyl (C=O) groups excluding carboxylic acids is 2. The molecule has 0 spiro atoms. The first kappa shape index (κ1) is 18.1. The molecular weight excluding hydrogens is 346 g/mol. The third kappa shape index (κ3) is 4.01. The predicted octanol–water partition coefficient (Wildman–Crippen LogP) is 3.13. The summed E-state index contributed by atoms with van der Waals surface area (Å²) in [6, 6.07) is 9.63. The van der Waals surface area contributed by atoms with Gasteiger partial charge in [0.25, 0.3) is 0 Å². The van der Waals surface area contributed by atoms with Crippen LogP contribution in [0, 0.1) is 5.41 Å². The number of carbonyl (C=O) groups is 2. The summed E-state index contributed by atoms with van der Waals surface area (Å²) in [6.07, 6.45) is 1.81. The second-order valence-corrected chi connectivity index (χ2v) is 8.08. The molecule has 1 aliphatic carbocycles. The van der Waals surface area contributed by atoms with Crippen molar-refractivity contribution in [1.82, 2.24) is 0 Å². The lowest BCUT2D eigenvalue weighted by Gasteiger charge is -2.37. The standard InChI is InChI=1S/C21H23NO5/c1-21(2)10-14(8-15(23)11-21)22-16-9-17-18(26-19(16)24)12-25-20(27-17)13-6-4-3-5-7-13/h3-7,9,17-18,20H,8,10-12H2,1-2H3. The number of hydrogen-bond donors (Lipinski definition) is 0. The highest BCUT2D eigenvalue weighted by atomic mass is 16.7. The molecule has 3 unspecified atom stereocenters. The summed E-state index contributed by atoms with van der Waals surface area (Å²) in [5.74, 6) is -0.343. The van der Waals surface area contributed by atoms with Crippen molar-refractivity contribution in [1.29, 1.82) is 0 Å². The molecule has 2 heterocycles. The Kier molecular flexibility index (Phi) is 4.70. The zero-order valence-electron chi connectivity index (χ0n) is 15.5. The van der Waals surface area contributed by atoms with E-state index in [1.807, 2.05) is 44.2 Å². The van der Waals surface area contributed by atoms with Gasteiger partial charge < -0.3 is 14.2 Å². The van der Waals surface area contributed by atoms with Crippen LogP contribution < -0.4 is 0 Å². The van der Waals surface area contributed by atoms with E-state index < -0.39 is 24.5 Å². The van der Waals surface area contributed by atoms with E-state index in [2.05, 4.69) is 4.99 Å². The molecule has 6 heteroatoms. The zero-order chi connectivity index (χ0) is 19.0. The SMILES string of the molecule is CC1(C)CC(=O)CC(=NC2=CC3OC(c4ccccc4)OCC3OC2=O)C1. The Bertz CT molecular complexity index is 811.